The summed E-state index contributed by atoms with van der Waals surface area (Å²) in [6.07, 6.45) is 8.04. The fourth-order valence-electron chi connectivity index (χ4n) is 4.20. The van der Waals surface area contributed by atoms with Gasteiger partial charge in [0.05, 0.1) is 0 Å². The Kier molecular flexibility index (Phi) is 8.32. The molecule has 0 saturated heterocycles. The molecular weight excluding hydrogens is 503 g/mol. The molecule has 0 amide bonds. The van der Waals surface area contributed by atoms with Gasteiger partial charge in [-0.25, -0.2) is 0 Å². The maximum Gasteiger partial charge on any atom is -0.147 e. The Labute approximate surface area is 186 Å². The van der Waals surface area contributed by atoms with Crippen LogP contribution in [-0.2, 0) is 26.6 Å². The van der Waals surface area contributed by atoms with Gasteiger partial charge < -0.3 is 0 Å². The Morgan fingerprint density at radius 3 is 2.39 bits per heavy atom. The van der Waals surface area contributed by atoms with Gasteiger partial charge in [-0.15, -0.1) is 24.8 Å². The van der Waals surface area contributed by atoms with Crippen LogP contribution in [0.3, 0.4) is 0 Å². The third-order valence-corrected chi connectivity index (χ3v) is 23.5. The minimum absolute atomic E-state index is 0. The van der Waals surface area contributed by atoms with Crippen LogP contribution in [0.4, 0.5) is 0 Å². The van der Waals surface area contributed by atoms with Gasteiger partial charge in [0.1, 0.15) is 0 Å². The van der Waals surface area contributed by atoms with E-state index in [0.717, 1.165) is 17.9 Å². The van der Waals surface area contributed by atoms with Gasteiger partial charge in [0.15, 0.2) is 0 Å². The topological polar surface area (TPSA) is 18.5 Å². The molecule has 0 aliphatic heterocycles. The minimum Gasteiger partial charge on any atom is -0.147 e. The quantitative estimate of drug-likeness (QED) is 0.396. The zero-order valence-electron chi connectivity index (χ0n) is 17.9. The summed E-state index contributed by atoms with van der Waals surface area (Å²) >= 11 is -3.29. The van der Waals surface area contributed by atoms with Crippen LogP contribution >= 0.6 is 24.8 Å². The number of hydrogen-bond acceptors (Lipinski definition) is 2. The Bertz CT molecular complexity index is 892. The predicted octanol–water partition coefficient (Wildman–Crippen LogP) is 6.32. The van der Waals surface area contributed by atoms with Crippen molar-refractivity contribution in [1.82, 2.24) is 0 Å². The van der Waals surface area contributed by atoms with E-state index >= 15 is 0 Å². The fourth-order valence-corrected chi connectivity index (χ4v) is 18.9. The molecule has 3 rings (SSSR count). The van der Waals surface area contributed by atoms with E-state index < -0.39 is 25.7 Å². The molecule has 0 saturated carbocycles. The fraction of sp³-hybridized carbons (Fsp3) is 0.429. The molecule has 2 aliphatic rings. The first-order chi connectivity index (χ1) is 12.0. The molecular formula is C21H34Cl2O2Si2Zr. The van der Waals surface area contributed by atoms with Gasteiger partial charge in [0.2, 0.25) is 0 Å². The maximum atomic E-state index is 6.40. The first-order valence-corrected chi connectivity index (χ1v) is 26.5. The van der Waals surface area contributed by atoms with Gasteiger partial charge >= 0.3 is 163 Å². The summed E-state index contributed by atoms with van der Waals surface area (Å²) in [5, 5.41) is 0. The van der Waals surface area contributed by atoms with Crippen LogP contribution in [0, 0.1) is 0 Å². The monoisotopic (exact) mass is 534 g/mol. The number of fused-ring (bicyclic) bond motifs is 1. The summed E-state index contributed by atoms with van der Waals surface area (Å²) in [7, 11) is -1.67. The molecule has 0 bridgehead atoms. The smallest absolute Gasteiger partial charge is 0.147 e. The largest absolute Gasteiger partial charge is 0.147 e. The van der Waals surface area contributed by atoms with Crippen LogP contribution in [0.15, 0.2) is 51.2 Å². The molecule has 1 unspecified atom stereocenters. The third kappa shape index (κ3) is 4.98. The maximum absolute atomic E-state index is 6.40. The van der Waals surface area contributed by atoms with Gasteiger partial charge in [0.25, 0.3) is 0 Å². The van der Waals surface area contributed by atoms with E-state index in [0.29, 0.717) is 10.2 Å². The van der Waals surface area contributed by atoms with Crippen LogP contribution in [0.5, 0.6) is 0 Å². The SMILES string of the molecule is CCOC1=[C]([Zr]([CH3])([CH3])(=[SiH2])[CH]2C=Cc3ccccc32)CC=C1O[Si](C)(C)C.Cl.Cl. The van der Waals surface area contributed by atoms with Crippen LogP contribution < -0.4 is 0 Å². The summed E-state index contributed by atoms with van der Waals surface area (Å²) in [4.78, 5) is 0. The van der Waals surface area contributed by atoms with E-state index in [1.54, 1.807) is 3.28 Å². The molecule has 0 N–H and O–H groups in total. The van der Waals surface area contributed by atoms with Crippen molar-refractivity contribution >= 4 is 46.1 Å². The van der Waals surface area contributed by atoms with Gasteiger partial charge in [0, 0.05) is 0 Å². The summed E-state index contributed by atoms with van der Waals surface area (Å²) in [6.45, 7) is 11.8. The molecule has 0 heterocycles. The number of allylic oxidation sites excluding steroid dienone is 3. The van der Waals surface area contributed by atoms with E-state index in [-0.39, 0.29) is 24.8 Å². The number of benzene rings is 1. The molecule has 0 radical (unpaired) electrons. The van der Waals surface area contributed by atoms with Crippen molar-refractivity contribution in [3.05, 3.63) is 62.3 Å². The zero-order chi connectivity index (χ0) is 19.2. The minimum atomic E-state index is -3.29. The van der Waals surface area contributed by atoms with Crippen molar-refractivity contribution in [3.63, 3.8) is 0 Å². The number of rotatable bonds is 6. The molecule has 28 heavy (non-hydrogen) atoms. The van der Waals surface area contributed by atoms with Gasteiger partial charge in [-0.05, 0) is 0 Å². The van der Waals surface area contributed by atoms with E-state index in [1.165, 1.54) is 11.1 Å². The number of ether oxygens (including phenoxy) is 1. The van der Waals surface area contributed by atoms with Crippen molar-refractivity contribution in [2.75, 3.05) is 6.61 Å². The molecule has 0 fully saturated rings. The molecule has 7 heteroatoms. The van der Waals surface area contributed by atoms with Crippen molar-refractivity contribution in [3.8, 4) is 0 Å². The number of halogens is 2. The molecule has 2 nitrogen and oxygen atoms in total. The summed E-state index contributed by atoms with van der Waals surface area (Å²) < 4.78 is 19.9. The van der Waals surface area contributed by atoms with E-state index in [2.05, 4.69) is 85.2 Å². The standard InChI is InChI=1S/C10H17O2Si.C9H7.2CH3.2ClH.H2Si.Zr/c1-5-11-9-7-6-8-10(9)12-13(2,3)4;1-2-5-9-7-3-6-8(9)4-1;;;;;;/h8H,5-6H2,1-4H3;1-7H;2*1H3;2*1H;1H2;. The average Bonchev–Trinajstić information content (AvgIpc) is 3.11. The van der Waals surface area contributed by atoms with Crippen LogP contribution in [0.1, 0.15) is 28.1 Å². The summed E-state index contributed by atoms with van der Waals surface area (Å²) in [5.41, 5.74) is 2.89. The van der Waals surface area contributed by atoms with Crippen molar-refractivity contribution in [2.24, 2.45) is 0 Å². The zero-order valence-corrected chi connectivity index (χ0v) is 24.4. The first kappa shape index (κ1) is 26.0. The second-order valence-electron chi connectivity index (χ2n) is 9.50. The molecule has 156 valence electrons. The molecule has 0 aromatic heterocycles. The van der Waals surface area contributed by atoms with E-state index in [4.69, 9.17) is 9.16 Å². The molecule has 1 atom stereocenters. The number of hydrogen-bond donors (Lipinski definition) is 0. The van der Waals surface area contributed by atoms with Crippen molar-refractivity contribution in [2.45, 2.75) is 45.9 Å². The predicted molar refractivity (Wildman–Crippen MR) is 129 cm³/mol. The van der Waals surface area contributed by atoms with Crippen molar-refractivity contribution < 1.29 is 26.6 Å². The van der Waals surface area contributed by atoms with Gasteiger partial charge in [-0.3, -0.25) is 0 Å². The van der Waals surface area contributed by atoms with Crippen LogP contribution in [0.25, 0.3) is 6.08 Å². The Morgan fingerprint density at radius 1 is 1.14 bits per heavy atom. The van der Waals surface area contributed by atoms with E-state index in [1.807, 2.05) is 0 Å². The summed E-state index contributed by atoms with van der Waals surface area (Å²) in [6, 6.07) is 8.88. The molecule has 1 aromatic rings. The molecule has 0 spiro atoms. The Morgan fingerprint density at radius 2 is 1.79 bits per heavy atom. The Balaban J connectivity index is 0.00000196. The first-order valence-electron chi connectivity index (χ1n) is 9.62. The second-order valence-corrected chi connectivity index (χ2v) is 43.6. The molecule has 1 aromatic carbocycles. The van der Waals surface area contributed by atoms with Gasteiger partial charge in [-0.2, -0.15) is 0 Å². The third-order valence-electron chi connectivity index (χ3n) is 5.48. The van der Waals surface area contributed by atoms with Crippen LogP contribution in [0.2, 0.25) is 28.9 Å². The van der Waals surface area contributed by atoms with Crippen molar-refractivity contribution in [1.29, 1.82) is 0 Å². The Hall–Kier alpha value is -0.0631. The second kappa shape index (κ2) is 8.97. The van der Waals surface area contributed by atoms with E-state index in [9.17, 15) is 0 Å². The van der Waals surface area contributed by atoms with Gasteiger partial charge in [-0.1, -0.05) is 0 Å². The van der Waals surface area contributed by atoms with Crippen LogP contribution in [-0.4, -0.2) is 21.8 Å². The molecule has 2 aliphatic carbocycles. The summed E-state index contributed by atoms with van der Waals surface area (Å²) in [5.74, 6) is 2.07. The average molecular weight is 537 g/mol. The normalized spacial score (nSPS) is 18.8.